The number of nitrogens with zero attached hydrogens (tertiary/aromatic N) is 2. The molecule has 54 heavy (non-hydrogen) atoms. The Labute approximate surface area is 326 Å². The van der Waals surface area contributed by atoms with E-state index in [9.17, 15) is 33.6 Å². The lowest BCUT2D eigenvalue weighted by Gasteiger charge is -2.36. The molecule has 4 N–H and O–H groups in total. The summed E-state index contributed by atoms with van der Waals surface area (Å²) >= 11 is 3.42. The van der Waals surface area contributed by atoms with Crippen molar-refractivity contribution in [3.63, 3.8) is 0 Å². The molecule has 3 aliphatic rings. The number of likely N-dealkylation sites (tertiary alicyclic amines) is 1. The molecule has 2 aliphatic heterocycles. The number of carbonyl (C=O) groups excluding carboxylic acids is 7. The zero-order chi connectivity index (χ0) is 39.8. The van der Waals surface area contributed by atoms with Gasteiger partial charge in [-0.1, -0.05) is 77.8 Å². The molecule has 1 saturated carbocycles. The van der Waals surface area contributed by atoms with Gasteiger partial charge in [0.2, 0.25) is 29.4 Å². The second-order valence-corrected chi connectivity index (χ2v) is 19.2. The molecular formula is C38H56N6O8S2. The molecule has 1 spiro atoms. The number of ketones is 1. The van der Waals surface area contributed by atoms with Crippen LogP contribution >= 0.6 is 23.5 Å². The molecule has 2 heterocycles. The van der Waals surface area contributed by atoms with Crippen molar-refractivity contribution >= 4 is 64.9 Å². The van der Waals surface area contributed by atoms with Gasteiger partial charge in [-0.3, -0.25) is 28.8 Å². The molecule has 3 fully saturated rings. The van der Waals surface area contributed by atoms with E-state index in [-0.39, 0.29) is 37.3 Å². The predicted octanol–water partition coefficient (Wildman–Crippen LogP) is 2.87. The van der Waals surface area contributed by atoms with Crippen LogP contribution < -0.4 is 21.3 Å². The molecule has 0 aromatic heterocycles. The molecule has 6 amide bonds. The summed E-state index contributed by atoms with van der Waals surface area (Å²) in [6.45, 7) is 9.18. The van der Waals surface area contributed by atoms with Crippen molar-refractivity contribution in [3.05, 3.63) is 35.9 Å². The first-order chi connectivity index (χ1) is 25.4. The third-order valence-corrected chi connectivity index (χ3v) is 12.8. The normalized spacial score (nSPS) is 19.6. The highest BCUT2D eigenvalue weighted by atomic mass is 32.2. The van der Waals surface area contributed by atoms with Gasteiger partial charge >= 0.3 is 6.09 Å². The first kappa shape index (κ1) is 42.9. The van der Waals surface area contributed by atoms with E-state index in [1.165, 1.54) is 9.80 Å². The lowest BCUT2D eigenvalue weighted by molar-refractivity contribution is -0.144. The summed E-state index contributed by atoms with van der Waals surface area (Å²) in [4.78, 5) is 96.9. The summed E-state index contributed by atoms with van der Waals surface area (Å²) in [5, 5.41) is 10.6. The number of amides is 6. The zero-order valence-electron chi connectivity index (χ0n) is 32.4. The summed E-state index contributed by atoms with van der Waals surface area (Å²) in [7, 11) is 3.13. The van der Waals surface area contributed by atoms with Crippen LogP contribution in [0.2, 0.25) is 0 Å². The van der Waals surface area contributed by atoms with Gasteiger partial charge in [-0.05, 0) is 47.2 Å². The van der Waals surface area contributed by atoms with Gasteiger partial charge in [0.25, 0.3) is 5.91 Å². The van der Waals surface area contributed by atoms with Crippen LogP contribution in [0.25, 0.3) is 0 Å². The lowest BCUT2D eigenvalue weighted by atomic mass is 9.85. The van der Waals surface area contributed by atoms with Crippen LogP contribution in [0.15, 0.2) is 30.3 Å². The van der Waals surface area contributed by atoms with Gasteiger partial charge in [-0.2, -0.15) is 0 Å². The molecule has 1 unspecified atom stereocenters. The second-order valence-electron chi connectivity index (χ2n) is 16.0. The minimum atomic E-state index is -1.18. The topological polar surface area (TPSA) is 183 Å². The van der Waals surface area contributed by atoms with Gasteiger partial charge in [0.15, 0.2) is 0 Å². The predicted molar refractivity (Wildman–Crippen MR) is 208 cm³/mol. The maximum absolute atomic E-state index is 14.4. The number of Topliss-reactive ketones (excluding diaryl/α,β-unsaturated/α-hetero) is 1. The van der Waals surface area contributed by atoms with E-state index in [1.807, 2.05) is 34.6 Å². The quantitative estimate of drug-likeness (QED) is 0.193. The van der Waals surface area contributed by atoms with Gasteiger partial charge in [-0.15, -0.1) is 23.5 Å². The highest BCUT2D eigenvalue weighted by molar-refractivity contribution is 8.18. The number of likely N-dealkylation sites (N-methyl/N-ethyl adjacent to an activating group) is 1. The van der Waals surface area contributed by atoms with Crippen molar-refractivity contribution < 1.29 is 38.3 Å². The summed E-state index contributed by atoms with van der Waals surface area (Å²) < 4.78 is 4.90. The van der Waals surface area contributed by atoms with Crippen molar-refractivity contribution in [1.82, 2.24) is 31.1 Å². The van der Waals surface area contributed by atoms with E-state index in [2.05, 4.69) is 21.3 Å². The molecule has 4 atom stereocenters. The lowest BCUT2D eigenvalue weighted by Crippen LogP contribution is -2.59. The molecule has 1 aliphatic carbocycles. The number of carbonyl (C=O) groups is 7. The Hall–Kier alpha value is -3.79. The third-order valence-electron chi connectivity index (χ3n) is 9.48. The maximum Gasteiger partial charge on any atom is 0.407 e. The average Bonchev–Trinajstić information content (AvgIpc) is 3.88. The third kappa shape index (κ3) is 11.9. The minimum absolute atomic E-state index is 0.0997. The first-order valence-corrected chi connectivity index (χ1v) is 20.6. The molecule has 0 radical (unpaired) electrons. The number of hydrogen-bond acceptors (Lipinski definition) is 10. The Kier molecular flexibility index (Phi) is 14.9. The Morgan fingerprint density at radius 3 is 2.19 bits per heavy atom. The van der Waals surface area contributed by atoms with Crippen molar-refractivity contribution in [1.29, 1.82) is 0 Å². The van der Waals surface area contributed by atoms with Gasteiger partial charge in [0.1, 0.15) is 18.1 Å². The molecule has 1 aromatic rings. The SMILES string of the molecule is CC(C)COC(=O)N[C@H](C(=O)N1CC2(C[C@H]1C(=O)N[C@H](CC1CC1)C(=O)C(=O)NCC(=O)NC(C(=O)N(C)C)c1ccccc1)SCCCS2)C(C)(C)C. The van der Waals surface area contributed by atoms with E-state index >= 15 is 0 Å². The fourth-order valence-corrected chi connectivity index (χ4v) is 9.69. The van der Waals surface area contributed by atoms with Crippen LogP contribution in [0.5, 0.6) is 0 Å². The maximum atomic E-state index is 14.4. The highest BCUT2D eigenvalue weighted by Gasteiger charge is 2.53. The Morgan fingerprint density at radius 2 is 1.61 bits per heavy atom. The zero-order valence-corrected chi connectivity index (χ0v) is 34.0. The van der Waals surface area contributed by atoms with E-state index in [1.54, 1.807) is 68.0 Å². The van der Waals surface area contributed by atoms with Crippen LogP contribution in [0.3, 0.4) is 0 Å². The molecule has 16 heteroatoms. The number of benzene rings is 1. The first-order valence-electron chi connectivity index (χ1n) is 18.6. The molecule has 2 saturated heterocycles. The van der Waals surface area contributed by atoms with Gasteiger partial charge in [-0.25, -0.2) is 4.79 Å². The van der Waals surface area contributed by atoms with Crippen molar-refractivity contribution in [2.24, 2.45) is 17.3 Å². The highest BCUT2D eigenvalue weighted by Crippen LogP contribution is 2.50. The largest absolute Gasteiger partial charge is 0.449 e. The monoisotopic (exact) mass is 788 g/mol. The minimum Gasteiger partial charge on any atom is -0.449 e. The number of ether oxygens (including phenoxy) is 1. The molecule has 4 rings (SSSR count). The van der Waals surface area contributed by atoms with E-state index in [4.69, 9.17) is 4.74 Å². The molecule has 1 aromatic carbocycles. The van der Waals surface area contributed by atoms with Gasteiger partial charge in [0, 0.05) is 27.1 Å². The number of alkyl carbamates (subject to hydrolysis) is 1. The number of rotatable bonds is 15. The van der Waals surface area contributed by atoms with Gasteiger partial charge < -0.3 is 35.8 Å². The van der Waals surface area contributed by atoms with Crippen molar-refractivity contribution in [3.8, 4) is 0 Å². The van der Waals surface area contributed by atoms with Crippen LogP contribution in [0, 0.1) is 17.3 Å². The second kappa shape index (κ2) is 18.7. The number of nitrogens with one attached hydrogen (secondary N) is 4. The number of hydrogen-bond donors (Lipinski definition) is 4. The van der Waals surface area contributed by atoms with Crippen LogP contribution in [-0.2, 0) is 33.5 Å². The summed E-state index contributed by atoms with van der Waals surface area (Å²) in [5.41, 5.74) is -0.172. The van der Waals surface area contributed by atoms with Crippen molar-refractivity contribution in [2.45, 2.75) is 95.0 Å². The van der Waals surface area contributed by atoms with E-state index < -0.39 is 75.7 Å². The number of thioether (sulfide) groups is 2. The van der Waals surface area contributed by atoms with Gasteiger partial charge in [0.05, 0.1) is 23.3 Å². The Morgan fingerprint density at radius 1 is 0.963 bits per heavy atom. The van der Waals surface area contributed by atoms with Crippen LogP contribution in [0.1, 0.15) is 78.3 Å². The summed E-state index contributed by atoms with van der Waals surface area (Å²) in [6, 6.07) is 4.53. The fourth-order valence-electron chi connectivity index (χ4n) is 6.34. The Bertz CT molecular complexity index is 1540. The fraction of sp³-hybridized carbons (Fsp3) is 0.658. The molecule has 14 nitrogen and oxygen atoms in total. The van der Waals surface area contributed by atoms with E-state index in [0.717, 1.165) is 30.8 Å². The molecular weight excluding hydrogens is 733 g/mol. The average molecular weight is 789 g/mol. The smallest absolute Gasteiger partial charge is 0.407 e. The van der Waals surface area contributed by atoms with Crippen molar-refractivity contribution in [2.75, 3.05) is 45.3 Å². The molecule has 298 valence electrons. The van der Waals surface area contributed by atoms with Crippen LogP contribution in [0.4, 0.5) is 4.79 Å². The summed E-state index contributed by atoms with van der Waals surface area (Å²) in [5.74, 6) is -1.99. The molecule has 0 bridgehead atoms. The summed E-state index contributed by atoms with van der Waals surface area (Å²) in [6.07, 6.45) is 2.55. The standard InChI is InChI=1S/C38H56N6O8S2/c1-23(2)21-52-36(51)42-31(37(3,4)5)35(50)44-22-38(53-16-11-17-54-38)19-27(44)32(47)40-26(18-24-14-15-24)30(46)33(48)39-20-28(45)41-29(34(49)43(6)7)25-12-9-8-10-13-25/h8-10,12-13,23-24,26-27,29,31H,11,14-22H2,1-7H3,(H,39,48)(H,40,47)(H,41,45)(H,42,51)/t26-,27+,29?,31-/m1/s1. The van der Waals surface area contributed by atoms with Crippen LogP contribution in [-0.4, -0.2) is 119 Å². The van der Waals surface area contributed by atoms with E-state index in [0.29, 0.717) is 12.0 Å². The Balaban J connectivity index is 1.48.